The fourth-order valence-corrected chi connectivity index (χ4v) is 2.89. The number of amides is 1. The fourth-order valence-electron chi connectivity index (χ4n) is 2.89. The monoisotopic (exact) mass is 250 g/mol. The van der Waals surface area contributed by atoms with E-state index in [1.807, 2.05) is 0 Å². The summed E-state index contributed by atoms with van der Waals surface area (Å²) < 4.78 is 0. The Kier molecular flexibility index (Phi) is 5.72. The van der Waals surface area contributed by atoms with Crippen LogP contribution in [0.15, 0.2) is 11.6 Å². The van der Waals surface area contributed by atoms with E-state index in [-0.39, 0.29) is 5.91 Å². The van der Waals surface area contributed by atoms with Crippen molar-refractivity contribution in [1.29, 1.82) is 0 Å². The second kappa shape index (κ2) is 7.57. The predicted molar refractivity (Wildman–Crippen MR) is 74.4 cm³/mol. The number of carbonyl (C=O) groups excluding carboxylic acids is 1. The summed E-state index contributed by atoms with van der Waals surface area (Å²) in [5.74, 6) is 0.214. The topological polar surface area (TPSA) is 41.1 Å². The summed E-state index contributed by atoms with van der Waals surface area (Å²) in [6.45, 7) is 1.89. The van der Waals surface area contributed by atoms with Gasteiger partial charge in [-0.25, -0.2) is 0 Å². The molecule has 3 heteroatoms. The van der Waals surface area contributed by atoms with Crippen molar-refractivity contribution in [3.63, 3.8) is 0 Å². The molecule has 3 nitrogen and oxygen atoms in total. The van der Waals surface area contributed by atoms with Crippen LogP contribution < -0.4 is 10.6 Å². The van der Waals surface area contributed by atoms with E-state index in [1.165, 1.54) is 44.1 Å². The van der Waals surface area contributed by atoms with E-state index in [2.05, 4.69) is 16.7 Å². The third-order valence-corrected chi connectivity index (χ3v) is 4.00. The van der Waals surface area contributed by atoms with Gasteiger partial charge in [-0.1, -0.05) is 18.1 Å². The highest BCUT2D eigenvalue weighted by Crippen LogP contribution is 2.19. The molecular weight excluding hydrogens is 224 g/mol. The molecule has 2 rings (SSSR count). The first-order chi connectivity index (χ1) is 8.84. The largest absolute Gasteiger partial charge is 0.356 e. The van der Waals surface area contributed by atoms with Gasteiger partial charge in [-0.3, -0.25) is 4.79 Å². The second-order valence-electron chi connectivity index (χ2n) is 5.56. The zero-order valence-corrected chi connectivity index (χ0v) is 11.3. The van der Waals surface area contributed by atoms with Gasteiger partial charge in [-0.05, 0) is 51.5 Å². The first kappa shape index (κ1) is 13.6. The Bertz CT molecular complexity index is 293. The minimum absolute atomic E-state index is 0.214. The van der Waals surface area contributed by atoms with Crippen molar-refractivity contribution >= 4 is 5.91 Å². The molecule has 0 saturated carbocycles. The molecule has 0 aromatic heterocycles. The lowest BCUT2D eigenvalue weighted by molar-refractivity contribution is -0.121. The summed E-state index contributed by atoms with van der Waals surface area (Å²) >= 11 is 0. The minimum atomic E-state index is 0.214. The van der Waals surface area contributed by atoms with E-state index in [9.17, 15) is 4.79 Å². The van der Waals surface area contributed by atoms with Crippen molar-refractivity contribution in [2.24, 2.45) is 0 Å². The molecule has 0 bridgehead atoms. The van der Waals surface area contributed by atoms with Crippen LogP contribution in [0.4, 0.5) is 0 Å². The van der Waals surface area contributed by atoms with Gasteiger partial charge in [-0.15, -0.1) is 0 Å². The summed E-state index contributed by atoms with van der Waals surface area (Å²) in [7, 11) is 0. The van der Waals surface area contributed by atoms with Gasteiger partial charge < -0.3 is 10.6 Å². The van der Waals surface area contributed by atoms with Crippen LogP contribution in [0, 0.1) is 0 Å². The first-order valence-electron chi connectivity index (χ1n) is 7.52. The van der Waals surface area contributed by atoms with E-state index >= 15 is 0 Å². The molecule has 1 heterocycles. The number of hydrogen-bond acceptors (Lipinski definition) is 2. The average Bonchev–Trinajstić information content (AvgIpc) is 2.41. The minimum Gasteiger partial charge on any atom is -0.356 e. The maximum absolute atomic E-state index is 11.8. The number of carbonyl (C=O) groups is 1. The summed E-state index contributed by atoms with van der Waals surface area (Å²) in [5.41, 5.74) is 1.54. The quantitative estimate of drug-likeness (QED) is 0.736. The van der Waals surface area contributed by atoms with Crippen molar-refractivity contribution in [2.75, 3.05) is 13.1 Å². The van der Waals surface area contributed by atoms with Gasteiger partial charge in [0.25, 0.3) is 0 Å². The third kappa shape index (κ3) is 4.81. The van der Waals surface area contributed by atoms with Gasteiger partial charge in [0.05, 0.1) is 0 Å². The second-order valence-corrected chi connectivity index (χ2v) is 5.56. The summed E-state index contributed by atoms with van der Waals surface area (Å²) in [6, 6.07) is 0.410. The molecule has 1 aliphatic heterocycles. The standard InChI is InChI=1S/C15H26N2O/c18-15(12-14-8-4-5-10-16-14)17-11-9-13-6-2-1-3-7-13/h6,14,16H,1-5,7-12H2,(H,17,18). The van der Waals surface area contributed by atoms with Crippen LogP contribution in [0.25, 0.3) is 0 Å². The number of hydrogen-bond donors (Lipinski definition) is 2. The zero-order chi connectivity index (χ0) is 12.6. The highest BCUT2D eigenvalue weighted by atomic mass is 16.1. The molecule has 1 saturated heterocycles. The highest BCUT2D eigenvalue weighted by molar-refractivity contribution is 5.76. The Hall–Kier alpha value is -0.830. The van der Waals surface area contributed by atoms with Crippen LogP contribution >= 0.6 is 0 Å². The van der Waals surface area contributed by atoms with Crippen LogP contribution in [-0.4, -0.2) is 25.0 Å². The molecule has 1 unspecified atom stereocenters. The summed E-state index contributed by atoms with van der Waals surface area (Å²) in [4.78, 5) is 11.8. The maximum atomic E-state index is 11.8. The van der Waals surface area contributed by atoms with Crippen molar-refractivity contribution in [1.82, 2.24) is 10.6 Å². The molecule has 0 aromatic carbocycles. The van der Waals surface area contributed by atoms with E-state index in [0.717, 1.165) is 25.9 Å². The molecule has 0 radical (unpaired) electrons. The van der Waals surface area contributed by atoms with Crippen molar-refractivity contribution in [2.45, 2.75) is 63.8 Å². The van der Waals surface area contributed by atoms with E-state index in [1.54, 1.807) is 0 Å². The first-order valence-corrected chi connectivity index (χ1v) is 7.52. The highest BCUT2D eigenvalue weighted by Gasteiger charge is 2.15. The van der Waals surface area contributed by atoms with E-state index < -0.39 is 0 Å². The maximum Gasteiger partial charge on any atom is 0.221 e. The molecule has 1 aliphatic carbocycles. The van der Waals surface area contributed by atoms with Gasteiger partial charge in [0, 0.05) is 19.0 Å². The van der Waals surface area contributed by atoms with Crippen LogP contribution in [0.3, 0.4) is 0 Å². The number of rotatable bonds is 5. The van der Waals surface area contributed by atoms with Gasteiger partial charge in [0.1, 0.15) is 0 Å². The smallest absolute Gasteiger partial charge is 0.221 e. The van der Waals surface area contributed by atoms with Crippen molar-refractivity contribution in [3.05, 3.63) is 11.6 Å². The molecular formula is C15H26N2O. The third-order valence-electron chi connectivity index (χ3n) is 4.00. The lowest BCUT2D eigenvalue weighted by atomic mass is 9.97. The molecule has 0 aromatic rings. The number of allylic oxidation sites excluding steroid dienone is 1. The molecule has 1 fully saturated rings. The van der Waals surface area contributed by atoms with Gasteiger partial charge >= 0.3 is 0 Å². The van der Waals surface area contributed by atoms with Crippen LogP contribution in [0.2, 0.25) is 0 Å². The summed E-state index contributed by atoms with van der Waals surface area (Å²) in [6.07, 6.45) is 12.9. The fraction of sp³-hybridized carbons (Fsp3) is 0.800. The predicted octanol–water partition coefficient (Wildman–Crippen LogP) is 2.53. The Morgan fingerprint density at radius 1 is 1.33 bits per heavy atom. The van der Waals surface area contributed by atoms with Crippen LogP contribution in [0.1, 0.15) is 57.8 Å². The SMILES string of the molecule is O=C(CC1CCCCN1)NCCC1=CCCCC1. The zero-order valence-electron chi connectivity index (χ0n) is 11.3. The molecule has 2 N–H and O–H groups in total. The van der Waals surface area contributed by atoms with Gasteiger partial charge in [-0.2, -0.15) is 0 Å². The van der Waals surface area contributed by atoms with Crippen molar-refractivity contribution in [3.8, 4) is 0 Å². The molecule has 0 spiro atoms. The Morgan fingerprint density at radius 2 is 2.28 bits per heavy atom. The van der Waals surface area contributed by atoms with Gasteiger partial charge in [0.15, 0.2) is 0 Å². The number of nitrogens with one attached hydrogen (secondary N) is 2. The number of piperidine rings is 1. The Labute approximate surface area is 110 Å². The van der Waals surface area contributed by atoms with Crippen LogP contribution in [-0.2, 0) is 4.79 Å². The lowest BCUT2D eigenvalue weighted by Crippen LogP contribution is -2.39. The molecule has 2 aliphatic rings. The molecule has 1 amide bonds. The van der Waals surface area contributed by atoms with E-state index in [0.29, 0.717) is 12.5 Å². The molecule has 1 atom stereocenters. The summed E-state index contributed by atoms with van der Waals surface area (Å²) in [5, 5.41) is 6.48. The lowest BCUT2D eigenvalue weighted by Gasteiger charge is -2.22. The van der Waals surface area contributed by atoms with Crippen molar-refractivity contribution < 1.29 is 4.79 Å². The normalized spacial score (nSPS) is 24.4. The van der Waals surface area contributed by atoms with Gasteiger partial charge in [0.2, 0.25) is 5.91 Å². The average molecular weight is 250 g/mol. The molecule has 102 valence electrons. The van der Waals surface area contributed by atoms with E-state index in [4.69, 9.17) is 0 Å². The molecule has 18 heavy (non-hydrogen) atoms. The van der Waals surface area contributed by atoms with Crippen LogP contribution in [0.5, 0.6) is 0 Å². The Balaban J connectivity index is 1.57. The Morgan fingerprint density at radius 3 is 3.00 bits per heavy atom.